The summed E-state index contributed by atoms with van der Waals surface area (Å²) in [6.45, 7) is 2.06. The summed E-state index contributed by atoms with van der Waals surface area (Å²) in [5.41, 5.74) is 0.414. The number of urea groups is 1. The van der Waals surface area contributed by atoms with Gasteiger partial charge in [0, 0.05) is 19.5 Å². The van der Waals surface area contributed by atoms with E-state index in [2.05, 4.69) is 5.32 Å². The second-order valence-corrected chi connectivity index (χ2v) is 4.95. The van der Waals surface area contributed by atoms with Crippen LogP contribution in [0.4, 0.5) is 9.18 Å². The van der Waals surface area contributed by atoms with Gasteiger partial charge in [-0.3, -0.25) is 14.5 Å². The van der Waals surface area contributed by atoms with Gasteiger partial charge in [0.15, 0.2) is 6.10 Å². The van der Waals surface area contributed by atoms with Gasteiger partial charge in [0.1, 0.15) is 5.82 Å². The van der Waals surface area contributed by atoms with Gasteiger partial charge in [-0.15, -0.1) is 0 Å². The number of rotatable bonds is 5. The van der Waals surface area contributed by atoms with Gasteiger partial charge >= 0.3 is 12.0 Å². The van der Waals surface area contributed by atoms with E-state index in [1.807, 2.05) is 0 Å². The highest BCUT2D eigenvalue weighted by atomic mass is 19.1. The van der Waals surface area contributed by atoms with Crippen LogP contribution in [-0.4, -0.2) is 42.0 Å². The molecule has 0 bridgehead atoms. The SMILES string of the molecule is C[C@@H](OC(=O)CCc1ccccc1F)C(=O)N1CCNC1=O. The van der Waals surface area contributed by atoms with E-state index in [0.717, 1.165) is 4.90 Å². The third-order valence-electron chi connectivity index (χ3n) is 3.34. The first-order valence-corrected chi connectivity index (χ1v) is 7.01. The molecule has 1 N–H and O–H groups in total. The third kappa shape index (κ3) is 3.81. The molecule has 0 spiro atoms. The summed E-state index contributed by atoms with van der Waals surface area (Å²) < 4.78 is 18.4. The molecule has 0 aromatic heterocycles. The number of carbonyl (C=O) groups excluding carboxylic acids is 3. The molecule has 1 aliphatic rings. The molecule has 0 aliphatic carbocycles. The molecular weight excluding hydrogens is 291 g/mol. The van der Waals surface area contributed by atoms with Crippen LogP contribution in [0.5, 0.6) is 0 Å². The number of ether oxygens (including phenoxy) is 1. The summed E-state index contributed by atoms with van der Waals surface area (Å²) in [6.07, 6.45) is -0.890. The first kappa shape index (κ1) is 15.9. The fourth-order valence-corrected chi connectivity index (χ4v) is 2.15. The lowest BCUT2D eigenvalue weighted by molar-refractivity contribution is -0.157. The summed E-state index contributed by atoms with van der Waals surface area (Å²) in [5.74, 6) is -1.55. The van der Waals surface area contributed by atoms with Crippen LogP contribution in [0.1, 0.15) is 18.9 Å². The Labute approximate surface area is 127 Å². The number of amides is 3. The van der Waals surface area contributed by atoms with Gasteiger partial charge in [-0.2, -0.15) is 0 Å². The largest absolute Gasteiger partial charge is 0.453 e. The predicted octanol–water partition coefficient (Wildman–Crippen LogP) is 1.24. The normalized spacial score (nSPS) is 15.4. The maximum Gasteiger partial charge on any atom is 0.324 e. The lowest BCUT2D eigenvalue weighted by Gasteiger charge is -2.18. The number of esters is 1. The second-order valence-electron chi connectivity index (χ2n) is 4.95. The minimum Gasteiger partial charge on any atom is -0.453 e. The molecule has 0 radical (unpaired) electrons. The zero-order valence-corrected chi connectivity index (χ0v) is 12.2. The van der Waals surface area contributed by atoms with Crippen LogP contribution >= 0.6 is 0 Å². The highest BCUT2D eigenvalue weighted by Gasteiger charge is 2.31. The average molecular weight is 308 g/mol. The molecule has 3 amide bonds. The molecule has 0 unspecified atom stereocenters. The van der Waals surface area contributed by atoms with Crippen molar-refractivity contribution < 1.29 is 23.5 Å². The average Bonchev–Trinajstić information content (AvgIpc) is 2.91. The first-order valence-electron chi connectivity index (χ1n) is 7.01. The highest BCUT2D eigenvalue weighted by molar-refractivity contribution is 5.98. The van der Waals surface area contributed by atoms with Crippen molar-refractivity contribution in [2.75, 3.05) is 13.1 Å². The van der Waals surface area contributed by atoms with Crippen LogP contribution in [0.15, 0.2) is 24.3 Å². The number of benzene rings is 1. The van der Waals surface area contributed by atoms with Crippen LogP contribution < -0.4 is 5.32 Å². The van der Waals surface area contributed by atoms with Crippen molar-refractivity contribution in [3.8, 4) is 0 Å². The smallest absolute Gasteiger partial charge is 0.324 e. The first-order chi connectivity index (χ1) is 10.5. The number of halogens is 1. The van der Waals surface area contributed by atoms with Gasteiger partial charge in [-0.1, -0.05) is 18.2 Å². The van der Waals surface area contributed by atoms with Crippen LogP contribution in [0.3, 0.4) is 0 Å². The minimum atomic E-state index is -1.04. The Morgan fingerprint density at radius 2 is 2.14 bits per heavy atom. The van der Waals surface area contributed by atoms with Crippen molar-refractivity contribution in [1.82, 2.24) is 10.2 Å². The van der Waals surface area contributed by atoms with Gasteiger partial charge in [0.2, 0.25) is 0 Å². The van der Waals surface area contributed by atoms with E-state index in [4.69, 9.17) is 4.74 Å². The lowest BCUT2D eigenvalue weighted by atomic mass is 10.1. The number of aryl methyl sites for hydroxylation is 1. The van der Waals surface area contributed by atoms with Crippen LogP contribution in [0.25, 0.3) is 0 Å². The van der Waals surface area contributed by atoms with Crippen LogP contribution in [-0.2, 0) is 20.7 Å². The summed E-state index contributed by atoms with van der Waals surface area (Å²) in [7, 11) is 0. The maximum atomic E-state index is 13.4. The Kier molecular flexibility index (Phi) is 5.08. The minimum absolute atomic E-state index is 0.0370. The van der Waals surface area contributed by atoms with E-state index in [-0.39, 0.29) is 25.2 Å². The molecule has 1 aromatic rings. The van der Waals surface area contributed by atoms with Crippen molar-refractivity contribution in [1.29, 1.82) is 0 Å². The molecule has 0 saturated carbocycles. The summed E-state index contributed by atoms with van der Waals surface area (Å²) in [4.78, 5) is 36.0. The highest BCUT2D eigenvalue weighted by Crippen LogP contribution is 2.10. The lowest BCUT2D eigenvalue weighted by Crippen LogP contribution is -2.41. The fraction of sp³-hybridized carbons (Fsp3) is 0.400. The predicted molar refractivity (Wildman–Crippen MR) is 75.4 cm³/mol. The molecule has 1 aromatic carbocycles. The molecule has 1 saturated heterocycles. The molecule has 2 rings (SSSR count). The van der Waals surface area contributed by atoms with Crippen molar-refractivity contribution >= 4 is 17.9 Å². The summed E-state index contributed by atoms with van der Waals surface area (Å²) in [5, 5.41) is 2.50. The molecule has 22 heavy (non-hydrogen) atoms. The Morgan fingerprint density at radius 3 is 2.77 bits per heavy atom. The van der Waals surface area contributed by atoms with Crippen molar-refractivity contribution in [2.24, 2.45) is 0 Å². The molecule has 1 heterocycles. The molecular formula is C15H17FN2O4. The summed E-state index contributed by atoms with van der Waals surface area (Å²) in [6, 6.07) is 5.67. The van der Waals surface area contributed by atoms with Crippen LogP contribution in [0, 0.1) is 5.82 Å². The van der Waals surface area contributed by atoms with E-state index in [1.54, 1.807) is 18.2 Å². The zero-order chi connectivity index (χ0) is 16.1. The van der Waals surface area contributed by atoms with E-state index in [9.17, 15) is 18.8 Å². The Morgan fingerprint density at radius 1 is 1.41 bits per heavy atom. The molecule has 7 heteroatoms. The number of hydrogen-bond donors (Lipinski definition) is 1. The van der Waals surface area contributed by atoms with Gasteiger partial charge in [-0.25, -0.2) is 9.18 Å². The molecule has 6 nitrogen and oxygen atoms in total. The molecule has 118 valence electrons. The van der Waals surface area contributed by atoms with E-state index in [1.165, 1.54) is 13.0 Å². The molecule has 1 atom stereocenters. The quantitative estimate of drug-likeness (QED) is 0.831. The summed E-state index contributed by atoms with van der Waals surface area (Å²) >= 11 is 0. The van der Waals surface area contributed by atoms with E-state index < -0.39 is 24.0 Å². The number of carbonyl (C=O) groups is 3. The number of hydrogen-bond acceptors (Lipinski definition) is 4. The standard InChI is InChI=1S/C15H17FN2O4/c1-10(14(20)18-9-8-17-15(18)21)22-13(19)7-6-11-4-2-3-5-12(11)16/h2-5,10H,6-9H2,1H3,(H,17,21)/t10-/m1/s1. The Hall–Kier alpha value is -2.44. The van der Waals surface area contributed by atoms with Gasteiger partial charge in [0.25, 0.3) is 5.91 Å². The number of nitrogens with one attached hydrogen (secondary N) is 1. The molecule has 1 fully saturated rings. The maximum absolute atomic E-state index is 13.4. The van der Waals surface area contributed by atoms with Gasteiger partial charge < -0.3 is 10.1 Å². The number of imide groups is 1. The van der Waals surface area contributed by atoms with E-state index >= 15 is 0 Å². The second kappa shape index (κ2) is 7.02. The van der Waals surface area contributed by atoms with E-state index in [0.29, 0.717) is 12.1 Å². The Bertz CT molecular complexity index is 591. The number of nitrogens with zero attached hydrogens (tertiary/aromatic N) is 1. The monoisotopic (exact) mass is 308 g/mol. The van der Waals surface area contributed by atoms with Crippen molar-refractivity contribution in [2.45, 2.75) is 25.9 Å². The topological polar surface area (TPSA) is 75.7 Å². The van der Waals surface area contributed by atoms with Gasteiger partial charge in [0.05, 0.1) is 0 Å². The van der Waals surface area contributed by atoms with Crippen molar-refractivity contribution in [3.63, 3.8) is 0 Å². The van der Waals surface area contributed by atoms with Crippen LogP contribution in [0.2, 0.25) is 0 Å². The third-order valence-corrected chi connectivity index (χ3v) is 3.34. The van der Waals surface area contributed by atoms with Crippen molar-refractivity contribution in [3.05, 3.63) is 35.6 Å². The fourth-order valence-electron chi connectivity index (χ4n) is 2.15. The zero-order valence-electron chi connectivity index (χ0n) is 12.2. The van der Waals surface area contributed by atoms with Gasteiger partial charge in [-0.05, 0) is 25.0 Å². The molecule has 1 aliphatic heterocycles. The Balaban J connectivity index is 1.82.